The van der Waals surface area contributed by atoms with Crippen LogP contribution < -0.4 is 4.72 Å². The number of rotatable bonds is 4. The quantitative estimate of drug-likeness (QED) is 0.862. The van der Waals surface area contributed by atoms with E-state index in [4.69, 9.17) is 0 Å². The number of nitrogens with one attached hydrogen (secondary N) is 1. The van der Waals surface area contributed by atoms with Gasteiger partial charge in [-0.1, -0.05) is 0 Å². The predicted molar refractivity (Wildman–Crippen MR) is 72.6 cm³/mol. The number of sulfonamides is 1. The van der Waals surface area contributed by atoms with Gasteiger partial charge in [0.1, 0.15) is 0 Å². The zero-order valence-corrected chi connectivity index (χ0v) is 11.0. The molecule has 0 unspecified atom stereocenters. The van der Waals surface area contributed by atoms with Crippen LogP contribution >= 0.6 is 0 Å². The average molecular weight is 276 g/mol. The van der Waals surface area contributed by atoms with Crippen molar-refractivity contribution in [1.29, 1.82) is 0 Å². The molecule has 19 heavy (non-hydrogen) atoms. The summed E-state index contributed by atoms with van der Waals surface area (Å²) in [6.07, 6.45) is 4.17. The zero-order valence-electron chi connectivity index (χ0n) is 10.2. The van der Waals surface area contributed by atoms with Crippen LogP contribution in [0.15, 0.2) is 48.8 Å². The molecule has 0 radical (unpaired) electrons. The average Bonchev–Trinajstić information content (AvgIpc) is 2.38. The molecule has 1 heterocycles. The third-order valence-electron chi connectivity index (χ3n) is 2.39. The minimum atomic E-state index is -3.31. The Bertz CT molecular complexity index is 680. The Hall–Kier alpha value is -2.21. The molecule has 0 fully saturated rings. The summed E-state index contributed by atoms with van der Waals surface area (Å²) in [6.45, 7) is 0. The minimum Gasteiger partial charge on any atom is -0.289 e. The molecule has 0 aliphatic heterocycles. The topological polar surface area (TPSA) is 76.1 Å². The summed E-state index contributed by atoms with van der Waals surface area (Å²) in [5.41, 5.74) is 1.46. The van der Waals surface area contributed by atoms with Crippen molar-refractivity contribution in [3.63, 3.8) is 0 Å². The van der Waals surface area contributed by atoms with E-state index in [9.17, 15) is 13.2 Å². The van der Waals surface area contributed by atoms with Gasteiger partial charge in [0.05, 0.1) is 6.26 Å². The first-order valence-corrected chi connectivity index (χ1v) is 7.37. The molecule has 98 valence electrons. The number of carbonyl (C=O) groups excluding carboxylic acids is 1. The Kier molecular flexibility index (Phi) is 3.62. The number of hydrogen-bond donors (Lipinski definition) is 1. The van der Waals surface area contributed by atoms with Crippen LogP contribution in [-0.2, 0) is 10.0 Å². The van der Waals surface area contributed by atoms with Crippen molar-refractivity contribution in [1.82, 2.24) is 4.98 Å². The van der Waals surface area contributed by atoms with Crippen LogP contribution in [0.25, 0.3) is 0 Å². The third kappa shape index (κ3) is 3.62. The molecular formula is C13H12N2O3S. The number of hydrogen-bond acceptors (Lipinski definition) is 4. The molecule has 0 atom stereocenters. The normalized spacial score (nSPS) is 11.0. The van der Waals surface area contributed by atoms with Crippen LogP contribution in [0.3, 0.4) is 0 Å². The molecule has 0 bridgehead atoms. The number of carbonyl (C=O) groups is 1. The maximum Gasteiger partial charge on any atom is 0.229 e. The first-order valence-electron chi connectivity index (χ1n) is 5.48. The second kappa shape index (κ2) is 5.19. The van der Waals surface area contributed by atoms with Crippen molar-refractivity contribution in [2.45, 2.75) is 0 Å². The highest BCUT2D eigenvalue weighted by Crippen LogP contribution is 2.14. The van der Waals surface area contributed by atoms with Crippen molar-refractivity contribution in [3.8, 4) is 0 Å². The fourth-order valence-corrected chi connectivity index (χ4v) is 2.14. The van der Waals surface area contributed by atoms with Crippen molar-refractivity contribution in [2.24, 2.45) is 0 Å². The number of nitrogens with zero attached hydrogens (tertiary/aromatic N) is 1. The van der Waals surface area contributed by atoms with Crippen LogP contribution in [0.4, 0.5) is 5.69 Å². The number of anilines is 1. The van der Waals surface area contributed by atoms with Gasteiger partial charge in [0.25, 0.3) is 0 Å². The van der Waals surface area contributed by atoms with E-state index in [0.29, 0.717) is 16.8 Å². The van der Waals surface area contributed by atoms with Gasteiger partial charge < -0.3 is 0 Å². The van der Waals surface area contributed by atoms with Gasteiger partial charge in [-0.25, -0.2) is 8.42 Å². The van der Waals surface area contributed by atoms with E-state index >= 15 is 0 Å². The number of pyridine rings is 1. The number of aromatic nitrogens is 1. The molecule has 0 spiro atoms. The van der Waals surface area contributed by atoms with Crippen molar-refractivity contribution < 1.29 is 13.2 Å². The van der Waals surface area contributed by atoms with Gasteiger partial charge in [-0.2, -0.15) is 0 Å². The van der Waals surface area contributed by atoms with Gasteiger partial charge in [-0.15, -0.1) is 0 Å². The fraction of sp³-hybridized carbons (Fsp3) is 0.0769. The monoisotopic (exact) mass is 276 g/mol. The van der Waals surface area contributed by atoms with Gasteiger partial charge in [0, 0.05) is 29.2 Å². The summed E-state index contributed by atoms with van der Waals surface area (Å²) in [4.78, 5) is 15.9. The van der Waals surface area contributed by atoms with Crippen molar-refractivity contribution in [3.05, 3.63) is 59.9 Å². The van der Waals surface area contributed by atoms with Gasteiger partial charge in [0.2, 0.25) is 10.0 Å². The Morgan fingerprint density at radius 2 is 1.53 bits per heavy atom. The van der Waals surface area contributed by atoms with Gasteiger partial charge in [0.15, 0.2) is 5.78 Å². The minimum absolute atomic E-state index is 0.131. The van der Waals surface area contributed by atoms with E-state index < -0.39 is 10.0 Å². The van der Waals surface area contributed by atoms with E-state index in [1.54, 1.807) is 48.8 Å². The van der Waals surface area contributed by atoms with E-state index in [2.05, 4.69) is 9.71 Å². The van der Waals surface area contributed by atoms with Gasteiger partial charge >= 0.3 is 0 Å². The summed E-state index contributed by atoms with van der Waals surface area (Å²) in [6, 6.07) is 9.52. The summed E-state index contributed by atoms with van der Waals surface area (Å²) >= 11 is 0. The lowest BCUT2D eigenvalue weighted by molar-refractivity contribution is 0.103. The maximum atomic E-state index is 12.1. The molecule has 1 N–H and O–H groups in total. The highest BCUT2D eigenvalue weighted by molar-refractivity contribution is 7.92. The lowest BCUT2D eigenvalue weighted by Crippen LogP contribution is -2.09. The molecule has 0 amide bonds. The van der Waals surface area contributed by atoms with Crippen LogP contribution in [0.1, 0.15) is 15.9 Å². The molecule has 1 aromatic heterocycles. The first kappa shape index (κ1) is 13.2. The van der Waals surface area contributed by atoms with Gasteiger partial charge in [-0.3, -0.25) is 14.5 Å². The molecule has 2 aromatic rings. The molecule has 0 saturated carbocycles. The summed E-state index contributed by atoms with van der Waals surface area (Å²) in [7, 11) is -3.31. The molecule has 2 rings (SSSR count). The van der Waals surface area contributed by atoms with E-state index in [1.165, 1.54) is 0 Å². The van der Waals surface area contributed by atoms with E-state index in [-0.39, 0.29) is 5.78 Å². The lowest BCUT2D eigenvalue weighted by atomic mass is 10.0. The fourth-order valence-electron chi connectivity index (χ4n) is 1.57. The van der Waals surface area contributed by atoms with Crippen LogP contribution in [0.2, 0.25) is 0 Å². The second-order valence-corrected chi connectivity index (χ2v) is 5.77. The predicted octanol–water partition coefficient (Wildman–Crippen LogP) is 1.68. The summed E-state index contributed by atoms with van der Waals surface area (Å²) in [5, 5.41) is 0. The highest BCUT2D eigenvalue weighted by Gasteiger charge is 2.09. The van der Waals surface area contributed by atoms with Crippen LogP contribution in [-0.4, -0.2) is 25.4 Å². The van der Waals surface area contributed by atoms with E-state index in [0.717, 1.165) is 6.26 Å². The lowest BCUT2D eigenvalue weighted by Gasteiger charge is -2.05. The Morgan fingerprint density at radius 1 is 1.00 bits per heavy atom. The largest absolute Gasteiger partial charge is 0.289 e. The van der Waals surface area contributed by atoms with Crippen molar-refractivity contribution >= 4 is 21.5 Å². The first-order chi connectivity index (χ1) is 8.96. The molecule has 0 aliphatic carbocycles. The summed E-state index contributed by atoms with van der Waals surface area (Å²) in [5.74, 6) is -0.131. The molecule has 1 aromatic carbocycles. The molecule has 0 aliphatic rings. The highest BCUT2D eigenvalue weighted by atomic mass is 32.2. The second-order valence-electron chi connectivity index (χ2n) is 4.02. The Balaban J connectivity index is 2.22. The zero-order chi connectivity index (χ0) is 13.9. The summed E-state index contributed by atoms with van der Waals surface area (Å²) < 4.78 is 24.4. The van der Waals surface area contributed by atoms with Crippen LogP contribution in [0.5, 0.6) is 0 Å². The number of ketones is 1. The smallest absolute Gasteiger partial charge is 0.229 e. The standard InChI is InChI=1S/C13H12N2O3S/c1-19(17,18)15-12-4-2-10(3-5-12)13(16)11-6-8-14-9-7-11/h2-9,15H,1H3. The van der Waals surface area contributed by atoms with Crippen LogP contribution in [0, 0.1) is 0 Å². The molecule has 6 heteroatoms. The van der Waals surface area contributed by atoms with Crippen molar-refractivity contribution in [2.75, 3.05) is 11.0 Å². The molecular weight excluding hydrogens is 264 g/mol. The third-order valence-corrected chi connectivity index (χ3v) is 3.00. The van der Waals surface area contributed by atoms with Gasteiger partial charge in [-0.05, 0) is 36.4 Å². The SMILES string of the molecule is CS(=O)(=O)Nc1ccc(C(=O)c2ccncc2)cc1. The number of benzene rings is 1. The van der Waals surface area contributed by atoms with E-state index in [1.807, 2.05) is 0 Å². The Morgan fingerprint density at radius 3 is 2.05 bits per heavy atom. The molecule has 0 saturated heterocycles. The molecule has 5 nitrogen and oxygen atoms in total. The maximum absolute atomic E-state index is 12.1. The Labute approximate surface area is 111 Å².